The summed E-state index contributed by atoms with van der Waals surface area (Å²) < 4.78 is 19.5. The third kappa shape index (κ3) is 2.16. The van der Waals surface area contributed by atoms with Gasteiger partial charge in [0.2, 0.25) is 0 Å². The van der Waals surface area contributed by atoms with Crippen LogP contribution in [-0.2, 0) is 0 Å². The molecule has 0 saturated heterocycles. The van der Waals surface area contributed by atoms with Crippen LogP contribution in [0.1, 0.15) is 15.9 Å². The summed E-state index contributed by atoms with van der Waals surface area (Å²) in [5.41, 5.74) is 2.83. The molecule has 112 valence electrons. The van der Waals surface area contributed by atoms with Crippen LogP contribution in [0.5, 0.6) is 5.75 Å². The van der Waals surface area contributed by atoms with Gasteiger partial charge >= 0.3 is 0 Å². The van der Waals surface area contributed by atoms with E-state index in [2.05, 4.69) is 4.98 Å². The molecule has 0 saturated carbocycles. The van der Waals surface area contributed by atoms with Gasteiger partial charge < -0.3 is 9.72 Å². The molecule has 0 atom stereocenters. The van der Waals surface area contributed by atoms with Crippen molar-refractivity contribution in [2.75, 3.05) is 7.11 Å². The summed E-state index contributed by atoms with van der Waals surface area (Å²) >= 11 is 6.05. The summed E-state index contributed by atoms with van der Waals surface area (Å²) in [5, 5.41) is 0.788. The minimum absolute atomic E-state index is 0.261. The molecule has 1 N–H and O–H groups in total. The van der Waals surface area contributed by atoms with E-state index in [1.807, 2.05) is 6.92 Å². The van der Waals surface area contributed by atoms with Crippen LogP contribution < -0.4 is 4.74 Å². The molecule has 0 fully saturated rings. The molecule has 0 bridgehead atoms. The number of methoxy groups -OCH3 is 1. The summed E-state index contributed by atoms with van der Waals surface area (Å²) in [6.07, 6.45) is 0.650. The highest BCUT2D eigenvalue weighted by atomic mass is 35.5. The first-order valence-electron chi connectivity index (χ1n) is 6.66. The number of hydrogen-bond acceptors (Lipinski definition) is 2. The van der Waals surface area contributed by atoms with E-state index < -0.39 is 5.82 Å². The molecule has 0 amide bonds. The number of carbonyl (C=O) groups is 1. The summed E-state index contributed by atoms with van der Waals surface area (Å²) in [6, 6.07) is 8.12. The van der Waals surface area contributed by atoms with Gasteiger partial charge in [-0.1, -0.05) is 17.7 Å². The molecule has 0 aliphatic heterocycles. The second-order valence-corrected chi connectivity index (χ2v) is 5.43. The Morgan fingerprint density at radius 3 is 2.73 bits per heavy atom. The molecule has 0 radical (unpaired) electrons. The Morgan fingerprint density at radius 1 is 1.27 bits per heavy atom. The largest absolute Gasteiger partial charge is 0.496 e. The Labute approximate surface area is 131 Å². The van der Waals surface area contributed by atoms with Crippen LogP contribution in [-0.4, -0.2) is 18.4 Å². The van der Waals surface area contributed by atoms with E-state index in [1.165, 1.54) is 13.2 Å². The van der Waals surface area contributed by atoms with E-state index in [-0.39, 0.29) is 10.9 Å². The lowest BCUT2D eigenvalue weighted by Gasteiger charge is -2.08. The van der Waals surface area contributed by atoms with Crippen LogP contribution in [0.2, 0.25) is 5.02 Å². The van der Waals surface area contributed by atoms with Crippen molar-refractivity contribution in [3.63, 3.8) is 0 Å². The molecule has 0 unspecified atom stereocenters. The average Bonchev–Trinajstić information content (AvgIpc) is 2.91. The number of benzene rings is 2. The Hall–Kier alpha value is -2.33. The number of halogens is 2. The molecular weight excluding hydrogens is 305 g/mol. The zero-order chi connectivity index (χ0) is 15.9. The SMILES string of the molecule is COc1ccc(Cl)cc1-c1[nH]c2c(C)ccc(F)c2c1C=O. The fourth-order valence-electron chi connectivity index (χ4n) is 2.63. The lowest BCUT2D eigenvalue weighted by atomic mass is 10.0. The number of fused-ring (bicyclic) bond motifs is 1. The number of rotatable bonds is 3. The molecule has 0 aliphatic rings. The summed E-state index contributed by atoms with van der Waals surface area (Å²) in [5.74, 6) is 0.114. The molecule has 3 rings (SSSR count). The number of H-pyrrole nitrogens is 1. The van der Waals surface area contributed by atoms with Crippen molar-refractivity contribution in [2.45, 2.75) is 6.92 Å². The molecule has 0 spiro atoms. The minimum Gasteiger partial charge on any atom is -0.496 e. The Kier molecular flexibility index (Phi) is 3.62. The highest BCUT2D eigenvalue weighted by Gasteiger charge is 2.19. The summed E-state index contributed by atoms with van der Waals surface area (Å²) in [4.78, 5) is 14.7. The molecule has 3 aromatic rings. The highest BCUT2D eigenvalue weighted by molar-refractivity contribution is 6.31. The predicted octanol–water partition coefficient (Wildman–Crippen LogP) is 4.76. The fraction of sp³-hybridized carbons (Fsp3) is 0.118. The van der Waals surface area contributed by atoms with Gasteiger partial charge in [-0.05, 0) is 36.8 Å². The normalized spacial score (nSPS) is 10.9. The maximum atomic E-state index is 14.2. The Bertz CT molecular complexity index is 886. The molecular formula is C17H13ClFNO2. The average molecular weight is 318 g/mol. The van der Waals surface area contributed by atoms with Gasteiger partial charge in [-0.25, -0.2) is 4.39 Å². The van der Waals surface area contributed by atoms with Gasteiger partial charge in [0.15, 0.2) is 6.29 Å². The van der Waals surface area contributed by atoms with Crippen molar-refractivity contribution in [2.24, 2.45) is 0 Å². The zero-order valence-corrected chi connectivity index (χ0v) is 12.8. The second kappa shape index (κ2) is 5.46. The first-order chi connectivity index (χ1) is 10.6. The molecule has 0 aliphatic carbocycles. The van der Waals surface area contributed by atoms with E-state index in [0.29, 0.717) is 33.8 Å². The van der Waals surface area contributed by atoms with Crippen molar-refractivity contribution in [1.82, 2.24) is 4.98 Å². The van der Waals surface area contributed by atoms with E-state index in [1.54, 1.807) is 24.3 Å². The summed E-state index contributed by atoms with van der Waals surface area (Å²) in [6.45, 7) is 1.85. The number of carbonyl (C=O) groups excluding carboxylic acids is 1. The molecule has 1 heterocycles. The minimum atomic E-state index is -0.439. The highest BCUT2D eigenvalue weighted by Crippen LogP contribution is 2.38. The maximum Gasteiger partial charge on any atom is 0.152 e. The van der Waals surface area contributed by atoms with Crippen LogP contribution in [0.3, 0.4) is 0 Å². The standard InChI is InChI=1S/C17H13ClFNO2/c1-9-3-5-13(19)15-12(8-21)17(20-16(9)15)11-7-10(18)4-6-14(11)22-2/h3-8,20H,1-2H3. The lowest BCUT2D eigenvalue weighted by Crippen LogP contribution is -1.91. The van der Waals surface area contributed by atoms with Gasteiger partial charge in [0.25, 0.3) is 0 Å². The fourth-order valence-corrected chi connectivity index (χ4v) is 2.80. The molecule has 1 aromatic heterocycles. The van der Waals surface area contributed by atoms with Gasteiger partial charge in [-0.3, -0.25) is 4.79 Å². The predicted molar refractivity (Wildman–Crippen MR) is 85.4 cm³/mol. The van der Waals surface area contributed by atoms with Crippen molar-refractivity contribution < 1.29 is 13.9 Å². The van der Waals surface area contributed by atoms with Gasteiger partial charge in [-0.15, -0.1) is 0 Å². The number of nitrogens with one attached hydrogen (secondary N) is 1. The van der Waals surface area contributed by atoms with E-state index in [4.69, 9.17) is 16.3 Å². The van der Waals surface area contributed by atoms with Gasteiger partial charge in [-0.2, -0.15) is 0 Å². The van der Waals surface area contributed by atoms with Gasteiger partial charge in [0, 0.05) is 16.0 Å². The van der Waals surface area contributed by atoms with Crippen molar-refractivity contribution in [3.8, 4) is 17.0 Å². The third-order valence-corrected chi connectivity index (χ3v) is 3.94. The van der Waals surface area contributed by atoms with Crippen LogP contribution in [0.25, 0.3) is 22.2 Å². The van der Waals surface area contributed by atoms with Crippen LogP contribution in [0.4, 0.5) is 4.39 Å². The quantitative estimate of drug-likeness (QED) is 0.708. The Morgan fingerprint density at radius 2 is 2.05 bits per heavy atom. The third-order valence-electron chi connectivity index (χ3n) is 3.70. The van der Waals surface area contributed by atoms with Crippen molar-refractivity contribution >= 4 is 28.8 Å². The van der Waals surface area contributed by atoms with Crippen molar-refractivity contribution in [1.29, 1.82) is 0 Å². The zero-order valence-electron chi connectivity index (χ0n) is 12.0. The Balaban J connectivity index is 2.42. The lowest BCUT2D eigenvalue weighted by molar-refractivity contribution is 0.112. The smallest absolute Gasteiger partial charge is 0.152 e. The first kappa shape index (κ1) is 14.6. The number of aldehydes is 1. The number of aromatic nitrogens is 1. The molecule has 2 aromatic carbocycles. The second-order valence-electron chi connectivity index (χ2n) is 4.99. The first-order valence-corrected chi connectivity index (χ1v) is 7.04. The monoisotopic (exact) mass is 317 g/mol. The van der Waals surface area contributed by atoms with Crippen LogP contribution in [0.15, 0.2) is 30.3 Å². The number of hydrogen-bond donors (Lipinski definition) is 1. The van der Waals surface area contributed by atoms with Crippen LogP contribution in [0, 0.1) is 12.7 Å². The number of ether oxygens (including phenoxy) is 1. The maximum absolute atomic E-state index is 14.2. The van der Waals surface area contributed by atoms with Crippen LogP contribution >= 0.6 is 11.6 Å². The van der Waals surface area contributed by atoms with Gasteiger partial charge in [0.05, 0.1) is 23.9 Å². The molecule has 22 heavy (non-hydrogen) atoms. The van der Waals surface area contributed by atoms with Crippen molar-refractivity contribution in [3.05, 3.63) is 52.3 Å². The van der Waals surface area contributed by atoms with E-state index >= 15 is 0 Å². The molecule has 5 heteroatoms. The topological polar surface area (TPSA) is 42.1 Å². The van der Waals surface area contributed by atoms with E-state index in [0.717, 1.165) is 5.56 Å². The summed E-state index contributed by atoms with van der Waals surface area (Å²) in [7, 11) is 1.53. The van der Waals surface area contributed by atoms with E-state index in [9.17, 15) is 9.18 Å². The van der Waals surface area contributed by atoms with Gasteiger partial charge in [0.1, 0.15) is 11.6 Å². The number of aromatic amines is 1. The molecule has 3 nitrogen and oxygen atoms in total. The number of aryl methyl sites for hydroxylation is 1.